The summed E-state index contributed by atoms with van der Waals surface area (Å²) in [5, 5.41) is 3.60. The Morgan fingerprint density at radius 3 is 2.78 bits per heavy atom. The van der Waals surface area contributed by atoms with Crippen LogP contribution < -0.4 is 5.32 Å². The van der Waals surface area contributed by atoms with E-state index in [9.17, 15) is 4.79 Å². The lowest BCUT2D eigenvalue weighted by molar-refractivity contribution is -0.149. The van der Waals surface area contributed by atoms with Crippen molar-refractivity contribution in [3.63, 3.8) is 0 Å². The van der Waals surface area contributed by atoms with Crippen LogP contribution in [-0.2, 0) is 14.3 Å². The highest BCUT2D eigenvalue weighted by atomic mass is 16.5. The van der Waals surface area contributed by atoms with Crippen LogP contribution in [0.1, 0.15) is 46.0 Å². The smallest absolute Gasteiger partial charge is 0.308 e. The average molecular weight is 257 g/mol. The molecule has 0 bridgehead atoms. The van der Waals surface area contributed by atoms with E-state index in [4.69, 9.17) is 9.47 Å². The first-order chi connectivity index (χ1) is 8.71. The molecule has 1 aliphatic carbocycles. The first-order valence-corrected chi connectivity index (χ1v) is 7.12. The summed E-state index contributed by atoms with van der Waals surface area (Å²) >= 11 is 0. The van der Waals surface area contributed by atoms with Gasteiger partial charge in [0, 0.05) is 19.2 Å². The van der Waals surface area contributed by atoms with Gasteiger partial charge in [0.25, 0.3) is 0 Å². The summed E-state index contributed by atoms with van der Waals surface area (Å²) in [6.07, 6.45) is 5.17. The van der Waals surface area contributed by atoms with Crippen molar-refractivity contribution in [3.05, 3.63) is 0 Å². The number of hydrogen-bond acceptors (Lipinski definition) is 4. The lowest BCUT2D eigenvalue weighted by Gasteiger charge is -2.31. The van der Waals surface area contributed by atoms with Crippen molar-refractivity contribution in [2.75, 3.05) is 20.3 Å². The number of nitrogens with one attached hydrogen (secondary N) is 1. The molecule has 0 aromatic carbocycles. The molecule has 0 saturated heterocycles. The molecule has 1 N–H and O–H groups in total. The van der Waals surface area contributed by atoms with Crippen LogP contribution in [0.25, 0.3) is 0 Å². The van der Waals surface area contributed by atoms with Gasteiger partial charge in [-0.15, -0.1) is 0 Å². The normalized spacial score (nSPS) is 25.7. The summed E-state index contributed by atoms with van der Waals surface area (Å²) < 4.78 is 10.3. The van der Waals surface area contributed by atoms with Gasteiger partial charge in [0.15, 0.2) is 0 Å². The van der Waals surface area contributed by atoms with Crippen LogP contribution in [0.2, 0.25) is 0 Å². The minimum atomic E-state index is -0.0243. The lowest BCUT2D eigenvalue weighted by atomic mass is 9.85. The monoisotopic (exact) mass is 257 g/mol. The number of esters is 1. The second kappa shape index (κ2) is 8.48. The highest BCUT2D eigenvalue weighted by Crippen LogP contribution is 2.25. The van der Waals surface area contributed by atoms with Gasteiger partial charge in [-0.2, -0.15) is 0 Å². The Labute approximate surface area is 110 Å². The zero-order chi connectivity index (χ0) is 13.4. The number of carbonyl (C=O) groups excluding carboxylic acids is 1. The molecule has 0 aromatic rings. The van der Waals surface area contributed by atoms with Gasteiger partial charge in [0.2, 0.25) is 0 Å². The van der Waals surface area contributed by atoms with E-state index in [-0.39, 0.29) is 11.9 Å². The molecule has 0 aromatic heterocycles. The molecule has 0 amide bonds. The van der Waals surface area contributed by atoms with Crippen molar-refractivity contribution < 1.29 is 14.3 Å². The van der Waals surface area contributed by atoms with Crippen molar-refractivity contribution in [3.8, 4) is 0 Å². The van der Waals surface area contributed by atoms with Gasteiger partial charge in [-0.05, 0) is 32.6 Å². The van der Waals surface area contributed by atoms with Crippen molar-refractivity contribution >= 4 is 5.97 Å². The van der Waals surface area contributed by atoms with E-state index in [1.807, 2.05) is 6.92 Å². The molecule has 1 saturated carbocycles. The molecule has 3 atom stereocenters. The molecule has 0 radical (unpaired) electrons. The molecule has 18 heavy (non-hydrogen) atoms. The van der Waals surface area contributed by atoms with E-state index >= 15 is 0 Å². The molecule has 3 unspecified atom stereocenters. The van der Waals surface area contributed by atoms with Gasteiger partial charge >= 0.3 is 5.97 Å². The van der Waals surface area contributed by atoms with E-state index in [1.54, 1.807) is 7.11 Å². The zero-order valence-corrected chi connectivity index (χ0v) is 11.9. The Hall–Kier alpha value is -0.610. The van der Waals surface area contributed by atoms with E-state index in [0.717, 1.165) is 38.7 Å². The van der Waals surface area contributed by atoms with E-state index in [2.05, 4.69) is 12.2 Å². The topological polar surface area (TPSA) is 47.6 Å². The molecule has 0 aliphatic heterocycles. The third kappa shape index (κ3) is 4.94. The fraction of sp³-hybridized carbons (Fsp3) is 0.929. The number of ether oxygens (including phenoxy) is 2. The summed E-state index contributed by atoms with van der Waals surface area (Å²) in [7, 11) is 1.73. The van der Waals surface area contributed by atoms with Crippen LogP contribution >= 0.6 is 0 Å². The summed E-state index contributed by atoms with van der Waals surface area (Å²) in [6.45, 7) is 5.23. The van der Waals surface area contributed by atoms with Gasteiger partial charge < -0.3 is 14.8 Å². The van der Waals surface area contributed by atoms with Gasteiger partial charge in [-0.25, -0.2) is 0 Å². The second-order valence-corrected chi connectivity index (χ2v) is 5.04. The molecule has 0 spiro atoms. The molecule has 4 heteroatoms. The third-order valence-electron chi connectivity index (χ3n) is 3.63. The Bertz CT molecular complexity index is 245. The molecule has 106 valence electrons. The Morgan fingerprint density at radius 2 is 2.17 bits per heavy atom. The highest BCUT2D eigenvalue weighted by molar-refractivity contribution is 5.72. The summed E-state index contributed by atoms with van der Waals surface area (Å²) in [5.41, 5.74) is 0. The fourth-order valence-corrected chi connectivity index (χ4v) is 2.63. The van der Waals surface area contributed by atoms with Crippen molar-refractivity contribution in [2.45, 2.75) is 58.0 Å². The zero-order valence-electron chi connectivity index (χ0n) is 11.9. The predicted octanol–water partition coefficient (Wildman–Crippen LogP) is 2.12. The first-order valence-electron chi connectivity index (χ1n) is 7.12. The van der Waals surface area contributed by atoms with Crippen LogP contribution in [0.15, 0.2) is 0 Å². The van der Waals surface area contributed by atoms with Gasteiger partial charge in [0.05, 0.1) is 19.1 Å². The van der Waals surface area contributed by atoms with Crippen LogP contribution in [0.3, 0.4) is 0 Å². The quantitative estimate of drug-likeness (QED) is 0.710. The highest BCUT2D eigenvalue weighted by Gasteiger charge is 2.28. The fourth-order valence-electron chi connectivity index (χ4n) is 2.63. The first kappa shape index (κ1) is 15.4. The van der Waals surface area contributed by atoms with Crippen molar-refractivity contribution in [1.29, 1.82) is 0 Å². The van der Waals surface area contributed by atoms with Gasteiger partial charge in [-0.1, -0.05) is 13.3 Å². The van der Waals surface area contributed by atoms with Gasteiger partial charge in [0.1, 0.15) is 0 Å². The Morgan fingerprint density at radius 1 is 1.39 bits per heavy atom. The predicted molar refractivity (Wildman–Crippen MR) is 71.5 cm³/mol. The maximum absolute atomic E-state index is 11.8. The van der Waals surface area contributed by atoms with Gasteiger partial charge in [-0.3, -0.25) is 4.79 Å². The molecule has 1 rings (SSSR count). The number of carbonyl (C=O) groups is 1. The van der Waals surface area contributed by atoms with Crippen LogP contribution in [0.5, 0.6) is 0 Å². The largest absolute Gasteiger partial charge is 0.466 e. The van der Waals surface area contributed by atoms with Crippen LogP contribution in [0.4, 0.5) is 0 Å². The molecule has 1 aliphatic rings. The standard InChI is InChI=1S/C14H27NO3/c1-4-12(10-17-3)15-13-8-6-7-11(9-13)14(16)18-5-2/h11-13,15H,4-10H2,1-3H3. The van der Waals surface area contributed by atoms with Crippen LogP contribution in [-0.4, -0.2) is 38.4 Å². The van der Waals surface area contributed by atoms with E-state index in [0.29, 0.717) is 18.7 Å². The van der Waals surface area contributed by atoms with Crippen molar-refractivity contribution in [2.24, 2.45) is 5.92 Å². The SMILES string of the molecule is CCOC(=O)C1CCCC(NC(CC)COC)C1. The number of hydrogen-bond donors (Lipinski definition) is 1. The molecular weight excluding hydrogens is 230 g/mol. The summed E-state index contributed by atoms with van der Waals surface area (Å²) in [6, 6.07) is 0.814. The molecule has 1 fully saturated rings. The maximum atomic E-state index is 11.8. The van der Waals surface area contributed by atoms with Crippen molar-refractivity contribution in [1.82, 2.24) is 5.32 Å². The average Bonchev–Trinajstić information content (AvgIpc) is 2.39. The van der Waals surface area contributed by atoms with E-state index in [1.165, 1.54) is 0 Å². The molecule has 4 nitrogen and oxygen atoms in total. The number of methoxy groups -OCH3 is 1. The lowest BCUT2D eigenvalue weighted by Crippen LogP contribution is -2.44. The maximum Gasteiger partial charge on any atom is 0.308 e. The summed E-state index contributed by atoms with van der Waals surface area (Å²) in [4.78, 5) is 11.8. The second-order valence-electron chi connectivity index (χ2n) is 5.04. The molecular formula is C14H27NO3. The van der Waals surface area contributed by atoms with E-state index < -0.39 is 0 Å². The Balaban J connectivity index is 2.40. The number of rotatable bonds is 7. The minimum absolute atomic E-state index is 0.0243. The van der Waals surface area contributed by atoms with Crippen LogP contribution in [0, 0.1) is 5.92 Å². The molecule has 0 heterocycles. The third-order valence-corrected chi connectivity index (χ3v) is 3.63. The Kier molecular flexibility index (Phi) is 7.28. The minimum Gasteiger partial charge on any atom is -0.466 e. The summed E-state index contributed by atoms with van der Waals surface area (Å²) in [5.74, 6) is 0.0556.